The Balaban J connectivity index is 2.16. The van der Waals surface area contributed by atoms with Gasteiger partial charge in [0.25, 0.3) is 0 Å². The quantitative estimate of drug-likeness (QED) is 0.332. The van der Waals surface area contributed by atoms with Crippen molar-refractivity contribution in [3.63, 3.8) is 0 Å². The third-order valence-electron chi connectivity index (χ3n) is 6.28. The van der Waals surface area contributed by atoms with Crippen molar-refractivity contribution in [3.05, 3.63) is 45.3 Å². The van der Waals surface area contributed by atoms with E-state index in [4.69, 9.17) is 14.2 Å². The molecular formula is C23H28F3IN2O5S. The number of hydrogen-bond acceptors (Lipinski definition) is 6. The van der Waals surface area contributed by atoms with Crippen LogP contribution in [-0.2, 0) is 19.5 Å². The summed E-state index contributed by atoms with van der Waals surface area (Å²) in [5.74, 6) is -3.48. The third-order valence-corrected chi connectivity index (χ3v) is 9.52. The van der Waals surface area contributed by atoms with Crippen molar-refractivity contribution >= 4 is 49.7 Å². The lowest BCUT2D eigenvalue weighted by molar-refractivity contribution is 0.0218. The lowest BCUT2D eigenvalue weighted by Crippen LogP contribution is -2.41. The first-order valence-corrected chi connectivity index (χ1v) is 13.2. The summed E-state index contributed by atoms with van der Waals surface area (Å²) in [4.78, 5) is 1.08. The molecule has 1 aliphatic carbocycles. The van der Waals surface area contributed by atoms with Crippen molar-refractivity contribution in [2.75, 3.05) is 51.2 Å². The van der Waals surface area contributed by atoms with Crippen LogP contribution in [0.5, 0.6) is 5.75 Å². The molecule has 1 aliphatic rings. The summed E-state index contributed by atoms with van der Waals surface area (Å²) < 4.78 is 88.4. The Morgan fingerprint density at radius 1 is 1.06 bits per heavy atom. The summed E-state index contributed by atoms with van der Waals surface area (Å²) >= 11 is 1.93. The minimum atomic E-state index is -4.11. The van der Waals surface area contributed by atoms with E-state index in [0.29, 0.717) is 16.4 Å². The van der Waals surface area contributed by atoms with Crippen LogP contribution in [0.2, 0.25) is 0 Å². The summed E-state index contributed by atoms with van der Waals surface area (Å²) in [6.07, 6.45) is 0.422. The largest absolute Gasteiger partial charge is 0.494 e. The summed E-state index contributed by atoms with van der Waals surface area (Å²) in [6, 6.07) is 5.02. The zero-order valence-corrected chi connectivity index (χ0v) is 23.0. The zero-order valence-electron chi connectivity index (χ0n) is 20.1. The van der Waals surface area contributed by atoms with Crippen LogP contribution in [0.25, 0.3) is 0 Å². The molecule has 1 fully saturated rings. The zero-order chi connectivity index (χ0) is 26.1. The highest BCUT2D eigenvalue weighted by Crippen LogP contribution is 2.52. The molecule has 1 atom stereocenters. The molecule has 0 aliphatic heterocycles. The van der Waals surface area contributed by atoms with Crippen molar-refractivity contribution in [2.45, 2.75) is 30.1 Å². The van der Waals surface area contributed by atoms with E-state index in [1.54, 1.807) is 6.07 Å². The van der Waals surface area contributed by atoms with E-state index >= 15 is 4.39 Å². The minimum absolute atomic E-state index is 0.0651. The first-order chi connectivity index (χ1) is 16.4. The summed E-state index contributed by atoms with van der Waals surface area (Å²) in [5.41, 5.74) is -0.771. The predicted molar refractivity (Wildman–Crippen MR) is 137 cm³/mol. The first kappa shape index (κ1) is 27.8. The molecule has 0 unspecified atom stereocenters. The van der Waals surface area contributed by atoms with Crippen LogP contribution in [0.3, 0.4) is 0 Å². The molecule has 35 heavy (non-hydrogen) atoms. The number of ether oxygens (including phenoxy) is 3. The van der Waals surface area contributed by atoms with Crippen molar-refractivity contribution < 1.29 is 35.8 Å². The van der Waals surface area contributed by atoms with Gasteiger partial charge in [-0.25, -0.2) is 21.6 Å². The summed E-state index contributed by atoms with van der Waals surface area (Å²) in [5, 5.41) is 0. The van der Waals surface area contributed by atoms with Gasteiger partial charge in [-0.3, -0.25) is 4.31 Å². The molecule has 0 heterocycles. The summed E-state index contributed by atoms with van der Waals surface area (Å²) in [6.45, 7) is 0.200. The van der Waals surface area contributed by atoms with Crippen molar-refractivity contribution in [1.82, 2.24) is 0 Å². The van der Waals surface area contributed by atoms with Crippen LogP contribution >= 0.6 is 22.6 Å². The van der Waals surface area contributed by atoms with E-state index < -0.39 is 44.0 Å². The SMILES string of the molecule is COC[C@H](CC1(S(=O)(=O)N(C)c2c(OC)cc(F)c(F)c2N(C)c2ccc(I)cc2F)CC1)OC. The number of nitrogens with zero attached hydrogens (tertiary/aromatic N) is 2. The average molecular weight is 628 g/mol. The highest BCUT2D eigenvalue weighted by atomic mass is 127. The fraction of sp³-hybridized carbons (Fsp3) is 0.478. The van der Waals surface area contributed by atoms with Gasteiger partial charge in [-0.05, 0) is 60.1 Å². The van der Waals surface area contributed by atoms with Gasteiger partial charge in [0.1, 0.15) is 22.9 Å². The average Bonchev–Trinajstić information content (AvgIpc) is 3.60. The second-order valence-electron chi connectivity index (χ2n) is 8.40. The Morgan fingerprint density at radius 2 is 1.71 bits per heavy atom. The van der Waals surface area contributed by atoms with Crippen LogP contribution in [0, 0.1) is 21.0 Å². The Labute approximate surface area is 217 Å². The van der Waals surface area contributed by atoms with Gasteiger partial charge in [0.15, 0.2) is 11.6 Å². The molecule has 0 saturated heterocycles. The monoisotopic (exact) mass is 628 g/mol. The van der Waals surface area contributed by atoms with Crippen molar-refractivity contribution in [1.29, 1.82) is 0 Å². The van der Waals surface area contributed by atoms with Crippen LogP contribution < -0.4 is 13.9 Å². The lowest BCUT2D eigenvalue weighted by atomic mass is 10.1. The normalized spacial score (nSPS) is 15.6. The number of rotatable bonds is 11. The molecule has 0 amide bonds. The Morgan fingerprint density at radius 3 is 2.23 bits per heavy atom. The molecule has 12 heteroatoms. The van der Waals surface area contributed by atoms with E-state index in [1.165, 1.54) is 47.6 Å². The number of anilines is 3. The second kappa shape index (κ2) is 10.7. The van der Waals surface area contributed by atoms with Gasteiger partial charge in [0.2, 0.25) is 10.0 Å². The van der Waals surface area contributed by atoms with Gasteiger partial charge in [-0.1, -0.05) is 0 Å². The van der Waals surface area contributed by atoms with Gasteiger partial charge in [-0.15, -0.1) is 0 Å². The molecule has 2 aromatic rings. The molecule has 3 rings (SSSR count). The van der Waals surface area contributed by atoms with E-state index in [1.807, 2.05) is 22.6 Å². The lowest BCUT2D eigenvalue weighted by Gasteiger charge is -2.33. The molecule has 0 aromatic heterocycles. The van der Waals surface area contributed by atoms with E-state index in [2.05, 4.69) is 0 Å². The van der Waals surface area contributed by atoms with E-state index in [0.717, 1.165) is 15.3 Å². The molecule has 0 N–H and O–H groups in total. The molecule has 0 spiro atoms. The van der Waals surface area contributed by atoms with Gasteiger partial charge in [-0.2, -0.15) is 0 Å². The molecule has 194 valence electrons. The third kappa shape index (κ3) is 5.20. The van der Waals surface area contributed by atoms with Crippen LogP contribution in [0.15, 0.2) is 24.3 Å². The second-order valence-corrected chi connectivity index (χ2v) is 12.0. The topological polar surface area (TPSA) is 68.3 Å². The smallest absolute Gasteiger partial charge is 0.240 e. The minimum Gasteiger partial charge on any atom is -0.494 e. The molecule has 7 nitrogen and oxygen atoms in total. The van der Waals surface area contributed by atoms with Crippen LogP contribution in [-0.4, -0.2) is 61.3 Å². The maximum Gasteiger partial charge on any atom is 0.240 e. The molecule has 0 bridgehead atoms. The fourth-order valence-corrected chi connectivity index (χ4v) is 6.61. The fourth-order valence-electron chi connectivity index (χ4n) is 4.15. The van der Waals surface area contributed by atoms with Gasteiger partial charge < -0.3 is 19.1 Å². The molecule has 1 saturated carbocycles. The molecule has 2 aromatic carbocycles. The van der Waals surface area contributed by atoms with Gasteiger partial charge in [0.05, 0.1) is 30.3 Å². The number of benzene rings is 2. The number of sulfonamides is 1. The number of methoxy groups -OCH3 is 3. The standard InChI is InChI=1S/C23H28F3IN2O5S/c1-28(18-7-6-14(27)10-16(18)24)22-20(26)17(25)11-19(34-5)21(22)29(2)35(30,31)23(8-9-23)12-15(33-4)13-32-3/h6-7,10-11,15H,8-9,12-13H2,1-5H3/t15-/m0/s1. The molecular weight excluding hydrogens is 600 g/mol. The van der Waals surface area contributed by atoms with Crippen molar-refractivity contribution in [2.24, 2.45) is 0 Å². The maximum atomic E-state index is 15.3. The Hall–Kier alpha value is -1.77. The van der Waals surface area contributed by atoms with Crippen molar-refractivity contribution in [3.8, 4) is 5.75 Å². The number of halogens is 4. The van der Waals surface area contributed by atoms with Gasteiger partial charge >= 0.3 is 0 Å². The molecule has 0 radical (unpaired) electrons. The summed E-state index contributed by atoms with van der Waals surface area (Å²) in [7, 11) is 2.65. The highest BCUT2D eigenvalue weighted by molar-refractivity contribution is 14.1. The highest BCUT2D eigenvalue weighted by Gasteiger charge is 2.58. The Kier molecular flexibility index (Phi) is 8.49. The number of hydrogen-bond donors (Lipinski definition) is 0. The first-order valence-electron chi connectivity index (χ1n) is 10.7. The Bertz CT molecular complexity index is 1190. The maximum absolute atomic E-state index is 15.3. The van der Waals surface area contributed by atoms with Gasteiger partial charge in [0, 0.05) is 38.0 Å². The van der Waals surface area contributed by atoms with Crippen LogP contribution in [0.1, 0.15) is 19.3 Å². The van der Waals surface area contributed by atoms with E-state index in [9.17, 15) is 17.2 Å². The van der Waals surface area contributed by atoms with Crippen LogP contribution in [0.4, 0.5) is 30.2 Å². The van der Waals surface area contributed by atoms with E-state index in [-0.39, 0.29) is 30.2 Å². The predicted octanol–water partition coefficient (Wildman–Crippen LogP) is 4.84.